The van der Waals surface area contributed by atoms with Crippen LogP contribution >= 0.6 is 15.9 Å². The third kappa shape index (κ3) is 2.24. The highest BCUT2D eigenvalue weighted by molar-refractivity contribution is 9.10. The summed E-state index contributed by atoms with van der Waals surface area (Å²) >= 11 is 3.29. The van der Waals surface area contributed by atoms with Gasteiger partial charge in [0, 0.05) is 0 Å². The van der Waals surface area contributed by atoms with Crippen molar-refractivity contribution in [1.82, 2.24) is 9.97 Å². The van der Waals surface area contributed by atoms with Crippen molar-refractivity contribution in [2.45, 2.75) is 18.2 Å². The van der Waals surface area contributed by atoms with Gasteiger partial charge in [-0.1, -0.05) is 35.0 Å². The predicted molar refractivity (Wildman–Crippen MR) is 67.7 cm³/mol. The molecule has 1 heterocycles. The molecule has 5 heteroatoms. The minimum absolute atomic E-state index is 0.0819. The van der Waals surface area contributed by atoms with E-state index in [9.17, 15) is 4.79 Å². The number of H-pyrrole nitrogens is 1. The van der Waals surface area contributed by atoms with E-state index in [1.807, 2.05) is 31.2 Å². The van der Waals surface area contributed by atoms with Gasteiger partial charge in [0.25, 0.3) is 0 Å². The van der Waals surface area contributed by atoms with E-state index in [2.05, 4.69) is 31.2 Å². The number of fused-ring (bicyclic) bond motifs is 1. The zero-order valence-electron chi connectivity index (χ0n) is 8.83. The number of nitrogens with zero attached hydrogens (tertiary/aromatic N) is 1. The minimum atomic E-state index is -0.180. The second-order valence-electron chi connectivity index (χ2n) is 3.47. The lowest BCUT2D eigenvalue weighted by atomic mass is 10.3. The van der Waals surface area contributed by atoms with Gasteiger partial charge in [-0.2, -0.15) is 0 Å². The summed E-state index contributed by atoms with van der Waals surface area (Å²) in [5, 5.41) is 2.73. The highest BCUT2D eigenvalue weighted by atomic mass is 79.9. The largest absolute Gasteiger partial charge is 0.324 e. The van der Waals surface area contributed by atoms with Gasteiger partial charge in [0.1, 0.15) is 0 Å². The molecule has 2 aromatic rings. The Hall–Kier alpha value is -1.36. The standard InChI is InChI=1S/C11H12BrN3O/c1-2-7(12)10(16)15-11-13-8-5-3-4-6-9(8)14-11/h3-7H,2H2,1H3,(H2,13,14,15,16). The number of aromatic amines is 1. The number of hydrogen-bond donors (Lipinski definition) is 2. The molecule has 0 aliphatic carbocycles. The molecule has 1 aromatic carbocycles. The lowest BCUT2D eigenvalue weighted by Crippen LogP contribution is -2.22. The second-order valence-corrected chi connectivity index (χ2v) is 4.57. The third-order valence-corrected chi connectivity index (χ3v) is 3.34. The molecule has 0 fully saturated rings. The van der Waals surface area contributed by atoms with Gasteiger partial charge in [0.2, 0.25) is 11.9 Å². The normalized spacial score (nSPS) is 12.6. The van der Waals surface area contributed by atoms with E-state index in [-0.39, 0.29) is 10.7 Å². The molecule has 1 aromatic heterocycles. The Morgan fingerprint density at radius 3 is 3.00 bits per heavy atom. The molecule has 2 N–H and O–H groups in total. The van der Waals surface area contributed by atoms with Gasteiger partial charge < -0.3 is 4.98 Å². The van der Waals surface area contributed by atoms with E-state index < -0.39 is 0 Å². The molecular weight excluding hydrogens is 270 g/mol. The van der Waals surface area contributed by atoms with Crippen LogP contribution in [0.25, 0.3) is 11.0 Å². The zero-order valence-corrected chi connectivity index (χ0v) is 10.4. The molecule has 0 saturated heterocycles. The van der Waals surface area contributed by atoms with E-state index in [0.29, 0.717) is 5.95 Å². The fraction of sp³-hybridized carbons (Fsp3) is 0.273. The van der Waals surface area contributed by atoms with Gasteiger partial charge in [-0.3, -0.25) is 10.1 Å². The summed E-state index contributed by atoms with van der Waals surface area (Å²) < 4.78 is 0. The molecule has 16 heavy (non-hydrogen) atoms. The van der Waals surface area contributed by atoms with Crippen LogP contribution in [0.15, 0.2) is 24.3 Å². The molecule has 4 nitrogen and oxygen atoms in total. The Bertz CT molecular complexity index is 476. The van der Waals surface area contributed by atoms with Crippen molar-refractivity contribution in [2.75, 3.05) is 5.32 Å². The average Bonchev–Trinajstić information content (AvgIpc) is 2.69. The average molecular weight is 282 g/mol. The Morgan fingerprint density at radius 2 is 2.31 bits per heavy atom. The Balaban J connectivity index is 2.18. The maximum Gasteiger partial charge on any atom is 0.240 e. The Labute approximate surface area is 102 Å². The van der Waals surface area contributed by atoms with Crippen molar-refractivity contribution in [3.63, 3.8) is 0 Å². The number of imidazole rings is 1. The summed E-state index contributed by atoms with van der Waals surface area (Å²) in [6, 6.07) is 7.65. The van der Waals surface area contributed by atoms with E-state index in [0.717, 1.165) is 17.5 Å². The number of anilines is 1. The van der Waals surface area contributed by atoms with Crippen molar-refractivity contribution in [3.05, 3.63) is 24.3 Å². The van der Waals surface area contributed by atoms with Gasteiger partial charge in [-0.15, -0.1) is 0 Å². The van der Waals surface area contributed by atoms with Crippen LogP contribution in [0.2, 0.25) is 0 Å². The topological polar surface area (TPSA) is 57.8 Å². The summed E-state index contributed by atoms with van der Waals surface area (Å²) in [5.74, 6) is 0.408. The van der Waals surface area contributed by atoms with Gasteiger partial charge in [0.05, 0.1) is 15.9 Å². The summed E-state index contributed by atoms with van der Waals surface area (Å²) in [5.41, 5.74) is 1.76. The van der Waals surface area contributed by atoms with Crippen LogP contribution in [-0.2, 0) is 4.79 Å². The third-order valence-electron chi connectivity index (χ3n) is 2.27. The van der Waals surface area contributed by atoms with Crippen LogP contribution in [-0.4, -0.2) is 20.7 Å². The number of hydrogen-bond acceptors (Lipinski definition) is 2. The van der Waals surface area contributed by atoms with Crippen molar-refractivity contribution < 1.29 is 4.79 Å². The summed E-state index contributed by atoms with van der Waals surface area (Å²) in [6.45, 7) is 1.94. The summed E-state index contributed by atoms with van der Waals surface area (Å²) in [7, 11) is 0. The van der Waals surface area contributed by atoms with Crippen molar-refractivity contribution in [2.24, 2.45) is 0 Å². The lowest BCUT2D eigenvalue weighted by Gasteiger charge is -2.05. The number of nitrogens with one attached hydrogen (secondary N) is 2. The fourth-order valence-corrected chi connectivity index (χ4v) is 1.51. The quantitative estimate of drug-likeness (QED) is 0.850. The Morgan fingerprint density at radius 1 is 1.56 bits per heavy atom. The van der Waals surface area contributed by atoms with E-state index in [4.69, 9.17) is 0 Å². The lowest BCUT2D eigenvalue weighted by molar-refractivity contribution is -0.115. The molecule has 84 valence electrons. The molecular formula is C11H12BrN3O. The fourth-order valence-electron chi connectivity index (χ4n) is 1.39. The number of halogens is 1. The molecule has 1 amide bonds. The second kappa shape index (κ2) is 4.65. The molecule has 0 saturated carbocycles. The minimum Gasteiger partial charge on any atom is -0.324 e. The number of benzene rings is 1. The number of carbonyl (C=O) groups excluding carboxylic acids is 1. The van der Waals surface area contributed by atoms with Gasteiger partial charge in [0.15, 0.2) is 0 Å². The number of amides is 1. The van der Waals surface area contributed by atoms with Gasteiger partial charge >= 0.3 is 0 Å². The highest BCUT2D eigenvalue weighted by Crippen LogP contribution is 2.14. The molecule has 0 aliphatic rings. The monoisotopic (exact) mass is 281 g/mol. The predicted octanol–water partition coefficient (Wildman–Crippen LogP) is 2.67. The first-order valence-electron chi connectivity index (χ1n) is 5.10. The smallest absolute Gasteiger partial charge is 0.240 e. The zero-order chi connectivity index (χ0) is 11.5. The van der Waals surface area contributed by atoms with Crippen LogP contribution in [0.3, 0.4) is 0 Å². The summed E-state index contributed by atoms with van der Waals surface area (Å²) in [4.78, 5) is 18.7. The number of alkyl halides is 1. The first-order valence-corrected chi connectivity index (χ1v) is 6.02. The molecule has 0 spiro atoms. The molecule has 1 unspecified atom stereocenters. The van der Waals surface area contributed by atoms with E-state index in [1.54, 1.807) is 0 Å². The van der Waals surface area contributed by atoms with Gasteiger partial charge in [-0.25, -0.2) is 4.98 Å². The summed E-state index contributed by atoms with van der Waals surface area (Å²) in [6.07, 6.45) is 0.742. The maximum atomic E-state index is 11.6. The van der Waals surface area contributed by atoms with Crippen molar-refractivity contribution >= 4 is 38.8 Å². The van der Waals surface area contributed by atoms with Crippen molar-refractivity contribution in [1.29, 1.82) is 0 Å². The van der Waals surface area contributed by atoms with Gasteiger partial charge in [-0.05, 0) is 18.6 Å². The van der Waals surface area contributed by atoms with Crippen LogP contribution in [0.4, 0.5) is 5.95 Å². The van der Waals surface area contributed by atoms with E-state index in [1.165, 1.54) is 0 Å². The van der Waals surface area contributed by atoms with Crippen LogP contribution < -0.4 is 5.32 Å². The van der Waals surface area contributed by atoms with Crippen LogP contribution in [0, 0.1) is 0 Å². The van der Waals surface area contributed by atoms with Crippen LogP contribution in [0.1, 0.15) is 13.3 Å². The Kier molecular flexibility index (Phi) is 3.24. The highest BCUT2D eigenvalue weighted by Gasteiger charge is 2.13. The van der Waals surface area contributed by atoms with E-state index >= 15 is 0 Å². The molecule has 2 rings (SSSR count). The first-order chi connectivity index (χ1) is 7.70. The van der Waals surface area contributed by atoms with Crippen molar-refractivity contribution in [3.8, 4) is 0 Å². The molecule has 0 aliphatic heterocycles. The molecule has 1 atom stereocenters. The number of rotatable bonds is 3. The maximum absolute atomic E-state index is 11.6. The SMILES string of the molecule is CCC(Br)C(=O)Nc1nc2ccccc2[nH]1. The molecule has 0 bridgehead atoms. The number of para-hydroxylation sites is 2. The number of carbonyl (C=O) groups is 1. The number of aromatic nitrogens is 2. The molecule has 0 radical (unpaired) electrons. The van der Waals surface area contributed by atoms with Crippen LogP contribution in [0.5, 0.6) is 0 Å². The first kappa shape index (κ1) is 11.1.